The zero-order chi connectivity index (χ0) is 24.6. The molecule has 1 atom stereocenters. The lowest BCUT2D eigenvalue weighted by Gasteiger charge is -2.16. The molecule has 0 spiro atoms. The molecule has 1 amide bonds. The second kappa shape index (κ2) is 8.93. The van der Waals surface area contributed by atoms with E-state index in [1.807, 2.05) is 6.92 Å². The van der Waals surface area contributed by atoms with Crippen LogP contribution in [0.1, 0.15) is 22.3 Å². The number of carboxylic acids is 1. The van der Waals surface area contributed by atoms with Gasteiger partial charge in [0, 0.05) is 40.0 Å². The minimum absolute atomic E-state index is 0.0172. The van der Waals surface area contributed by atoms with Crippen molar-refractivity contribution in [3.05, 3.63) is 69.2 Å². The zero-order valence-electron chi connectivity index (χ0n) is 18.9. The number of ether oxygens (including phenoxy) is 1. The number of aromatic amines is 1. The molecule has 4 aromatic rings. The fourth-order valence-corrected chi connectivity index (χ4v) is 3.92. The monoisotopic (exact) mass is 464 g/mol. The van der Waals surface area contributed by atoms with Gasteiger partial charge in [-0.1, -0.05) is 0 Å². The summed E-state index contributed by atoms with van der Waals surface area (Å²) in [4.78, 5) is 39.3. The molecule has 9 nitrogen and oxygen atoms in total. The lowest BCUT2D eigenvalue weighted by Crippen LogP contribution is -2.44. The van der Waals surface area contributed by atoms with Gasteiger partial charge in [0.15, 0.2) is 6.61 Å². The number of phenols is 1. The number of benzene rings is 2. The van der Waals surface area contributed by atoms with Crippen LogP contribution < -0.4 is 15.7 Å². The smallest absolute Gasteiger partial charge is 0.339 e. The minimum atomic E-state index is -1.20. The van der Waals surface area contributed by atoms with Gasteiger partial charge < -0.3 is 29.7 Å². The van der Waals surface area contributed by atoms with Crippen LogP contribution in [0.15, 0.2) is 45.7 Å². The molecule has 2 aromatic heterocycles. The number of H-pyrrole nitrogens is 1. The van der Waals surface area contributed by atoms with Crippen molar-refractivity contribution in [2.24, 2.45) is 0 Å². The molecule has 0 unspecified atom stereocenters. The summed E-state index contributed by atoms with van der Waals surface area (Å²) in [6.45, 7) is 4.84. The van der Waals surface area contributed by atoms with Crippen LogP contribution in [0, 0.1) is 20.8 Å². The number of carboxylic acid groups (broad SMARTS) is 1. The van der Waals surface area contributed by atoms with E-state index in [1.165, 1.54) is 12.1 Å². The van der Waals surface area contributed by atoms with Crippen molar-refractivity contribution in [3.8, 4) is 11.5 Å². The maximum absolute atomic E-state index is 12.5. The highest BCUT2D eigenvalue weighted by Gasteiger charge is 2.23. The van der Waals surface area contributed by atoms with Gasteiger partial charge in [-0.25, -0.2) is 9.59 Å². The Morgan fingerprint density at radius 2 is 1.85 bits per heavy atom. The molecular formula is C25H24N2O7. The van der Waals surface area contributed by atoms with E-state index in [4.69, 9.17) is 9.15 Å². The first kappa shape index (κ1) is 22.9. The number of nitrogens with one attached hydrogen (secondary N) is 2. The van der Waals surface area contributed by atoms with Gasteiger partial charge in [0.25, 0.3) is 5.91 Å². The predicted molar refractivity (Wildman–Crippen MR) is 125 cm³/mol. The van der Waals surface area contributed by atoms with Crippen LogP contribution in [0.25, 0.3) is 21.9 Å². The van der Waals surface area contributed by atoms with Gasteiger partial charge in [-0.2, -0.15) is 0 Å². The van der Waals surface area contributed by atoms with Gasteiger partial charge in [0.05, 0.1) is 0 Å². The molecule has 0 radical (unpaired) electrons. The number of hydrogen-bond acceptors (Lipinski definition) is 6. The molecule has 2 aromatic carbocycles. The third-order valence-corrected chi connectivity index (χ3v) is 5.99. The van der Waals surface area contributed by atoms with Crippen LogP contribution in [0.4, 0.5) is 0 Å². The fraction of sp³-hybridized carbons (Fsp3) is 0.240. The van der Waals surface area contributed by atoms with Crippen LogP contribution in [0.3, 0.4) is 0 Å². The average molecular weight is 464 g/mol. The van der Waals surface area contributed by atoms with Crippen molar-refractivity contribution in [2.75, 3.05) is 6.61 Å². The number of aliphatic carboxylic acids is 1. The van der Waals surface area contributed by atoms with Crippen molar-refractivity contribution < 1.29 is 29.0 Å². The molecule has 2 heterocycles. The molecule has 9 heteroatoms. The summed E-state index contributed by atoms with van der Waals surface area (Å²) >= 11 is 0. The summed E-state index contributed by atoms with van der Waals surface area (Å²) in [5.41, 5.74) is 3.26. The predicted octanol–water partition coefficient (Wildman–Crippen LogP) is 3.10. The third-order valence-electron chi connectivity index (χ3n) is 5.99. The highest BCUT2D eigenvalue weighted by atomic mass is 16.5. The summed E-state index contributed by atoms with van der Waals surface area (Å²) in [5.74, 6) is -1.40. The van der Waals surface area contributed by atoms with E-state index in [1.54, 1.807) is 38.2 Å². The van der Waals surface area contributed by atoms with E-state index in [9.17, 15) is 24.6 Å². The van der Waals surface area contributed by atoms with Crippen LogP contribution in [-0.4, -0.2) is 39.7 Å². The molecule has 0 fully saturated rings. The molecule has 176 valence electrons. The van der Waals surface area contributed by atoms with E-state index in [-0.39, 0.29) is 12.2 Å². The van der Waals surface area contributed by atoms with E-state index >= 15 is 0 Å². The molecule has 0 saturated carbocycles. The highest BCUT2D eigenvalue weighted by Crippen LogP contribution is 2.29. The maximum Gasteiger partial charge on any atom is 0.339 e. The summed E-state index contributed by atoms with van der Waals surface area (Å²) in [5, 5.41) is 23.3. The lowest BCUT2D eigenvalue weighted by molar-refractivity contribution is -0.142. The first-order valence-electron chi connectivity index (χ1n) is 10.6. The molecular weight excluding hydrogens is 440 g/mol. The SMILES string of the molecule is Cc1c(C)c2ccc(OCC(=O)N[C@H](Cc3c[nH]c4ccc(O)cc34)C(=O)O)c(C)c2oc1=O. The average Bonchev–Trinajstić information content (AvgIpc) is 3.18. The number of rotatable bonds is 7. The summed E-state index contributed by atoms with van der Waals surface area (Å²) in [6.07, 6.45) is 1.67. The standard InChI is InChI=1S/C25H24N2O7/c1-12-13(2)25(32)34-23-14(3)21(7-5-17(12)23)33-11-22(29)27-20(24(30)31)8-15-10-26-19-6-4-16(28)9-18(15)19/h4-7,9-10,20,26,28H,8,11H2,1-3H3,(H,27,29)(H,30,31)/t20-/m1/s1. The first-order chi connectivity index (χ1) is 16.2. The largest absolute Gasteiger partial charge is 0.508 e. The van der Waals surface area contributed by atoms with E-state index in [0.29, 0.717) is 33.4 Å². The summed E-state index contributed by atoms with van der Waals surface area (Å²) < 4.78 is 11.0. The van der Waals surface area contributed by atoms with E-state index in [0.717, 1.165) is 16.5 Å². The normalized spacial score (nSPS) is 12.1. The van der Waals surface area contributed by atoms with Gasteiger partial charge in [-0.3, -0.25) is 4.79 Å². The van der Waals surface area contributed by atoms with Gasteiger partial charge in [-0.15, -0.1) is 0 Å². The number of hydrogen-bond donors (Lipinski definition) is 4. The number of aryl methyl sites for hydroxylation is 2. The van der Waals surface area contributed by atoms with E-state index < -0.39 is 30.2 Å². The summed E-state index contributed by atoms with van der Waals surface area (Å²) in [6, 6.07) is 7.00. The van der Waals surface area contributed by atoms with Gasteiger partial charge in [-0.05, 0) is 62.2 Å². The molecule has 4 N–H and O–H groups in total. The van der Waals surface area contributed by atoms with Crippen molar-refractivity contribution >= 4 is 33.7 Å². The molecule has 34 heavy (non-hydrogen) atoms. The number of aromatic hydroxyl groups is 1. The zero-order valence-corrected chi connectivity index (χ0v) is 18.9. The van der Waals surface area contributed by atoms with Crippen LogP contribution in [-0.2, 0) is 16.0 Å². The van der Waals surface area contributed by atoms with Gasteiger partial charge in [0.2, 0.25) is 0 Å². The van der Waals surface area contributed by atoms with Gasteiger partial charge in [0.1, 0.15) is 23.1 Å². The van der Waals surface area contributed by atoms with Gasteiger partial charge >= 0.3 is 11.6 Å². The Morgan fingerprint density at radius 3 is 2.59 bits per heavy atom. The number of phenolic OH excluding ortho intramolecular Hbond substituents is 1. The number of aromatic nitrogens is 1. The maximum atomic E-state index is 12.5. The van der Waals surface area contributed by atoms with E-state index in [2.05, 4.69) is 10.3 Å². The van der Waals surface area contributed by atoms with Crippen LogP contribution in [0.5, 0.6) is 11.5 Å². The topological polar surface area (TPSA) is 142 Å². The number of carbonyl (C=O) groups is 2. The molecule has 0 aliphatic heterocycles. The number of carbonyl (C=O) groups excluding carboxylic acids is 1. The quantitative estimate of drug-likeness (QED) is 0.308. The lowest BCUT2D eigenvalue weighted by atomic mass is 10.0. The Balaban J connectivity index is 1.47. The molecule has 4 rings (SSSR count). The Morgan fingerprint density at radius 1 is 1.09 bits per heavy atom. The van der Waals surface area contributed by atoms with Crippen LogP contribution >= 0.6 is 0 Å². The highest BCUT2D eigenvalue weighted by molar-refractivity contribution is 5.88. The molecule has 0 saturated heterocycles. The van der Waals surface area contributed by atoms with Crippen LogP contribution in [0.2, 0.25) is 0 Å². The Bertz CT molecular complexity index is 1480. The second-order valence-corrected chi connectivity index (χ2v) is 8.20. The minimum Gasteiger partial charge on any atom is -0.508 e. The van der Waals surface area contributed by atoms with Crippen molar-refractivity contribution in [2.45, 2.75) is 33.2 Å². The number of amides is 1. The van der Waals surface area contributed by atoms with Crippen molar-refractivity contribution in [1.82, 2.24) is 10.3 Å². The third kappa shape index (κ3) is 4.32. The molecule has 0 aliphatic carbocycles. The van der Waals surface area contributed by atoms with Crippen molar-refractivity contribution in [3.63, 3.8) is 0 Å². The summed E-state index contributed by atoms with van der Waals surface area (Å²) in [7, 11) is 0. The second-order valence-electron chi connectivity index (χ2n) is 8.20. The Kier molecular flexibility index (Phi) is 6.02. The number of fused-ring (bicyclic) bond motifs is 2. The molecule has 0 aliphatic rings. The molecule has 0 bridgehead atoms. The van der Waals surface area contributed by atoms with Crippen molar-refractivity contribution in [1.29, 1.82) is 0 Å². The fourth-order valence-electron chi connectivity index (χ4n) is 3.92. The Labute approximate surface area is 194 Å². The first-order valence-corrected chi connectivity index (χ1v) is 10.6. The Hall–Kier alpha value is -4.27.